The predicted molar refractivity (Wildman–Crippen MR) is 126 cm³/mol. The van der Waals surface area contributed by atoms with E-state index >= 15 is 0 Å². The van der Waals surface area contributed by atoms with E-state index in [1.807, 2.05) is 35.2 Å². The predicted octanol–water partition coefficient (Wildman–Crippen LogP) is -0.0994. The summed E-state index contributed by atoms with van der Waals surface area (Å²) in [5.41, 5.74) is 0.775. The molecule has 1 aromatic rings. The zero-order valence-corrected chi connectivity index (χ0v) is 20.1. The van der Waals surface area contributed by atoms with Crippen molar-refractivity contribution in [3.8, 4) is 0 Å². The fourth-order valence-electron chi connectivity index (χ4n) is 4.75. The Balaban J connectivity index is 1.17. The summed E-state index contributed by atoms with van der Waals surface area (Å²) < 4.78 is 26.9. The molecule has 0 aromatic heterocycles. The van der Waals surface area contributed by atoms with Gasteiger partial charge in [-0.05, 0) is 18.4 Å². The molecule has 0 saturated carbocycles. The van der Waals surface area contributed by atoms with Crippen molar-refractivity contribution in [1.29, 1.82) is 0 Å². The Morgan fingerprint density at radius 3 is 1.67 bits per heavy atom. The fraction of sp³-hybridized carbons (Fsp3) is 0.652. The molecule has 0 spiro atoms. The summed E-state index contributed by atoms with van der Waals surface area (Å²) in [5.74, 6) is 0.264. The molecule has 182 valence electrons. The van der Waals surface area contributed by atoms with Crippen LogP contribution in [0.15, 0.2) is 30.3 Å². The van der Waals surface area contributed by atoms with E-state index in [-0.39, 0.29) is 17.6 Å². The number of piperazine rings is 2. The van der Waals surface area contributed by atoms with Crippen LogP contribution >= 0.6 is 0 Å². The highest BCUT2D eigenvalue weighted by atomic mass is 32.2. The van der Waals surface area contributed by atoms with Gasteiger partial charge < -0.3 is 9.80 Å². The van der Waals surface area contributed by atoms with E-state index < -0.39 is 10.0 Å². The molecule has 10 heteroatoms. The topological polar surface area (TPSA) is 84.5 Å². The Morgan fingerprint density at radius 1 is 0.667 bits per heavy atom. The van der Waals surface area contributed by atoms with Crippen molar-refractivity contribution in [2.45, 2.75) is 18.6 Å². The van der Waals surface area contributed by atoms with Gasteiger partial charge in [0.1, 0.15) is 0 Å². The van der Waals surface area contributed by atoms with Crippen LogP contribution in [0.2, 0.25) is 0 Å². The Hall–Kier alpha value is -2.01. The molecule has 4 rings (SSSR count). The number of rotatable bonds is 7. The molecule has 0 N–H and O–H groups in total. The molecular formula is C23H35N5O4S. The third-order valence-electron chi connectivity index (χ3n) is 6.82. The van der Waals surface area contributed by atoms with Gasteiger partial charge in [0.2, 0.25) is 21.8 Å². The van der Waals surface area contributed by atoms with Gasteiger partial charge in [0, 0.05) is 65.4 Å². The summed E-state index contributed by atoms with van der Waals surface area (Å²) in [6.45, 7) is 7.24. The lowest BCUT2D eigenvalue weighted by molar-refractivity contribution is -0.135. The van der Waals surface area contributed by atoms with Crippen LogP contribution in [0.5, 0.6) is 0 Å². The van der Waals surface area contributed by atoms with Crippen molar-refractivity contribution in [2.24, 2.45) is 0 Å². The standard InChI is InChI=1S/C23H35N5O4S/c29-22(26-8-4-5-9-26)18-24-10-12-25(13-11-24)19-23(30)27-14-16-28(17-15-27)33(31,32)20-21-6-2-1-3-7-21/h1-3,6-7H,4-5,8-20H2. The molecule has 0 bridgehead atoms. The molecule has 0 radical (unpaired) electrons. The number of carbonyl (C=O) groups is 2. The molecule has 3 fully saturated rings. The first kappa shape index (κ1) is 24.1. The number of sulfonamides is 1. The van der Waals surface area contributed by atoms with E-state index in [0.717, 1.165) is 57.7 Å². The number of hydrogen-bond donors (Lipinski definition) is 0. The highest BCUT2D eigenvalue weighted by Gasteiger charge is 2.30. The molecule has 3 aliphatic rings. The number of nitrogens with zero attached hydrogens (tertiary/aromatic N) is 5. The summed E-state index contributed by atoms with van der Waals surface area (Å²) >= 11 is 0. The van der Waals surface area contributed by atoms with Gasteiger partial charge in [-0.15, -0.1) is 0 Å². The molecule has 3 heterocycles. The lowest BCUT2D eigenvalue weighted by Gasteiger charge is -2.37. The maximum absolute atomic E-state index is 12.8. The number of hydrogen-bond acceptors (Lipinski definition) is 6. The molecule has 1 aromatic carbocycles. The first-order valence-electron chi connectivity index (χ1n) is 11.9. The summed E-state index contributed by atoms with van der Waals surface area (Å²) in [7, 11) is -3.39. The van der Waals surface area contributed by atoms with Crippen LogP contribution in [0.4, 0.5) is 0 Å². The Morgan fingerprint density at radius 2 is 1.15 bits per heavy atom. The average Bonchev–Trinajstić information content (AvgIpc) is 3.36. The normalized spacial score (nSPS) is 21.5. The third kappa shape index (κ3) is 6.53. The van der Waals surface area contributed by atoms with Crippen LogP contribution in [-0.4, -0.2) is 123 Å². The highest BCUT2D eigenvalue weighted by molar-refractivity contribution is 7.88. The SMILES string of the molecule is O=C(CN1CCN(CC(=O)N2CCN(S(=O)(=O)Cc3ccccc3)CC2)CC1)N1CCCC1. The second-order valence-electron chi connectivity index (χ2n) is 9.16. The number of carbonyl (C=O) groups excluding carboxylic acids is 2. The second kappa shape index (κ2) is 10.9. The Bertz CT molecular complexity index is 904. The van der Waals surface area contributed by atoms with Gasteiger partial charge in [0.05, 0.1) is 18.8 Å². The largest absolute Gasteiger partial charge is 0.342 e. The van der Waals surface area contributed by atoms with Crippen LogP contribution in [-0.2, 0) is 25.4 Å². The van der Waals surface area contributed by atoms with Crippen LogP contribution in [0.25, 0.3) is 0 Å². The Kier molecular flexibility index (Phi) is 8.00. The zero-order valence-electron chi connectivity index (χ0n) is 19.3. The first-order valence-corrected chi connectivity index (χ1v) is 13.5. The van der Waals surface area contributed by atoms with Crippen molar-refractivity contribution < 1.29 is 18.0 Å². The third-order valence-corrected chi connectivity index (χ3v) is 8.67. The fourth-order valence-corrected chi connectivity index (χ4v) is 6.26. The van der Waals surface area contributed by atoms with Gasteiger partial charge in [0.25, 0.3) is 0 Å². The Labute approximate surface area is 197 Å². The number of benzene rings is 1. The van der Waals surface area contributed by atoms with Crippen molar-refractivity contribution in [3.05, 3.63) is 35.9 Å². The van der Waals surface area contributed by atoms with Gasteiger partial charge in [-0.25, -0.2) is 8.42 Å². The van der Waals surface area contributed by atoms with Crippen molar-refractivity contribution in [3.63, 3.8) is 0 Å². The van der Waals surface area contributed by atoms with Gasteiger partial charge >= 0.3 is 0 Å². The van der Waals surface area contributed by atoms with Crippen LogP contribution < -0.4 is 0 Å². The minimum absolute atomic E-state index is 0.00761. The summed E-state index contributed by atoms with van der Waals surface area (Å²) in [4.78, 5) is 33.2. The molecule has 3 saturated heterocycles. The quantitative estimate of drug-likeness (QED) is 0.545. The number of amides is 2. The van der Waals surface area contributed by atoms with Crippen molar-refractivity contribution in [2.75, 3.05) is 78.5 Å². The van der Waals surface area contributed by atoms with E-state index in [2.05, 4.69) is 9.80 Å². The maximum Gasteiger partial charge on any atom is 0.236 e. The monoisotopic (exact) mass is 477 g/mol. The summed E-state index contributed by atoms with van der Waals surface area (Å²) in [5, 5.41) is 0. The van der Waals surface area contributed by atoms with Gasteiger partial charge in [0.15, 0.2) is 0 Å². The van der Waals surface area contributed by atoms with Gasteiger partial charge in [-0.2, -0.15) is 4.31 Å². The van der Waals surface area contributed by atoms with E-state index in [9.17, 15) is 18.0 Å². The van der Waals surface area contributed by atoms with Crippen LogP contribution in [0.1, 0.15) is 18.4 Å². The molecule has 0 aliphatic carbocycles. The van der Waals surface area contributed by atoms with Crippen molar-refractivity contribution in [1.82, 2.24) is 23.9 Å². The van der Waals surface area contributed by atoms with E-state index in [0.29, 0.717) is 39.3 Å². The van der Waals surface area contributed by atoms with E-state index in [1.165, 1.54) is 4.31 Å². The molecule has 3 aliphatic heterocycles. The molecule has 33 heavy (non-hydrogen) atoms. The summed E-state index contributed by atoms with van der Waals surface area (Å²) in [6.07, 6.45) is 2.21. The highest BCUT2D eigenvalue weighted by Crippen LogP contribution is 2.14. The molecule has 0 atom stereocenters. The van der Waals surface area contributed by atoms with E-state index in [4.69, 9.17) is 0 Å². The van der Waals surface area contributed by atoms with Crippen LogP contribution in [0, 0.1) is 0 Å². The van der Waals surface area contributed by atoms with E-state index in [1.54, 1.807) is 4.90 Å². The van der Waals surface area contributed by atoms with Gasteiger partial charge in [-0.1, -0.05) is 30.3 Å². The minimum Gasteiger partial charge on any atom is -0.342 e. The number of likely N-dealkylation sites (tertiary alicyclic amines) is 1. The lowest BCUT2D eigenvalue weighted by atomic mass is 10.2. The smallest absolute Gasteiger partial charge is 0.236 e. The first-order chi connectivity index (χ1) is 15.9. The molecule has 9 nitrogen and oxygen atoms in total. The van der Waals surface area contributed by atoms with Crippen LogP contribution in [0.3, 0.4) is 0 Å². The van der Waals surface area contributed by atoms with Gasteiger partial charge in [-0.3, -0.25) is 19.4 Å². The maximum atomic E-state index is 12.8. The average molecular weight is 478 g/mol. The van der Waals surface area contributed by atoms with Crippen molar-refractivity contribution >= 4 is 21.8 Å². The summed E-state index contributed by atoms with van der Waals surface area (Å²) in [6, 6.07) is 9.19. The molecule has 2 amide bonds. The zero-order chi connectivity index (χ0) is 23.3. The molecule has 0 unspecified atom stereocenters. The second-order valence-corrected chi connectivity index (χ2v) is 11.1. The molecular weight excluding hydrogens is 442 g/mol. The minimum atomic E-state index is -3.39. The lowest BCUT2D eigenvalue weighted by Crippen LogP contribution is -2.55.